The molecule has 0 saturated heterocycles. The van der Waals surface area contributed by atoms with Gasteiger partial charge in [0.2, 0.25) is 0 Å². The lowest BCUT2D eigenvalue weighted by molar-refractivity contribution is 0.625. The molecule has 0 aliphatic carbocycles. The number of halogens is 1. The summed E-state index contributed by atoms with van der Waals surface area (Å²) >= 11 is 1.46. The molecular formula is C9H5FN2S. The van der Waals surface area contributed by atoms with Crippen LogP contribution in [0.15, 0.2) is 12.1 Å². The molecule has 0 spiro atoms. The molecule has 0 aliphatic rings. The van der Waals surface area contributed by atoms with Gasteiger partial charge in [-0.15, -0.1) is 11.3 Å². The molecule has 2 rings (SSSR count). The van der Waals surface area contributed by atoms with Gasteiger partial charge in [0.25, 0.3) is 0 Å². The highest BCUT2D eigenvalue weighted by Gasteiger charge is 2.06. The van der Waals surface area contributed by atoms with E-state index in [0.717, 1.165) is 9.71 Å². The molecule has 2 nitrogen and oxygen atoms in total. The zero-order chi connectivity index (χ0) is 9.42. The van der Waals surface area contributed by atoms with Crippen LogP contribution in [0.5, 0.6) is 0 Å². The standard InChI is InChI=1S/C9H5FN2S/c1-5-12-8-3-7(10)6(4-11)2-9(8)13-5/h2-3H,1H3. The SMILES string of the molecule is Cc1nc2cc(F)c(C#N)cc2s1. The molecule has 0 unspecified atom stereocenters. The number of hydrogen-bond donors (Lipinski definition) is 0. The van der Waals surface area contributed by atoms with Gasteiger partial charge >= 0.3 is 0 Å². The van der Waals surface area contributed by atoms with E-state index in [2.05, 4.69) is 4.98 Å². The second-order valence-electron chi connectivity index (χ2n) is 2.64. The second-order valence-corrected chi connectivity index (χ2v) is 3.88. The number of aryl methyl sites for hydroxylation is 1. The summed E-state index contributed by atoms with van der Waals surface area (Å²) in [6.07, 6.45) is 0. The van der Waals surface area contributed by atoms with Gasteiger partial charge in [-0.1, -0.05) is 0 Å². The van der Waals surface area contributed by atoms with Crippen molar-refractivity contribution in [3.05, 3.63) is 28.5 Å². The molecule has 0 aliphatic heterocycles. The largest absolute Gasteiger partial charge is 0.241 e. The van der Waals surface area contributed by atoms with Crippen LogP contribution in [0.1, 0.15) is 10.6 Å². The third-order valence-electron chi connectivity index (χ3n) is 1.70. The first kappa shape index (κ1) is 8.14. The van der Waals surface area contributed by atoms with Crippen LogP contribution in [0.4, 0.5) is 4.39 Å². The molecule has 1 aromatic carbocycles. The average molecular weight is 192 g/mol. The summed E-state index contributed by atoms with van der Waals surface area (Å²) in [6.45, 7) is 1.86. The molecule has 1 heterocycles. The molecule has 2 aromatic rings. The van der Waals surface area contributed by atoms with Crippen LogP contribution in [-0.4, -0.2) is 4.98 Å². The fraction of sp³-hybridized carbons (Fsp3) is 0.111. The molecule has 0 N–H and O–H groups in total. The molecule has 64 valence electrons. The van der Waals surface area contributed by atoms with Crippen molar-refractivity contribution >= 4 is 21.6 Å². The Morgan fingerprint density at radius 3 is 3.00 bits per heavy atom. The van der Waals surface area contributed by atoms with Crippen LogP contribution in [-0.2, 0) is 0 Å². The minimum absolute atomic E-state index is 0.0798. The van der Waals surface area contributed by atoms with Gasteiger partial charge in [-0.25, -0.2) is 9.37 Å². The van der Waals surface area contributed by atoms with E-state index in [4.69, 9.17) is 5.26 Å². The minimum atomic E-state index is -0.500. The van der Waals surface area contributed by atoms with E-state index in [9.17, 15) is 4.39 Å². The van der Waals surface area contributed by atoms with E-state index in [1.165, 1.54) is 23.5 Å². The van der Waals surface area contributed by atoms with Gasteiger partial charge < -0.3 is 0 Å². The van der Waals surface area contributed by atoms with E-state index in [1.54, 1.807) is 6.07 Å². The topological polar surface area (TPSA) is 36.7 Å². The lowest BCUT2D eigenvalue weighted by Gasteiger charge is -1.91. The second kappa shape index (κ2) is 2.79. The smallest absolute Gasteiger partial charge is 0.143 e. The number of nitriles is 1. The Morgan fingerprint density at radius 2 is 2.31 bits per heavy atom. The quantitative estimate of drug-likeness (QED) is 0.643. The summed E-state index contributed by atoms with van der Waals surface area (Å²) in [5, 5.41) is 9.46. The van der Waals surface area contributed by atoms with E-state index < -0.39 is 5.82 Å². The number of nitrogens with zero attached hydrogens (tertiary/aromatic N) is 2. The number of aromatic nitrogens is 1. The van der Waals surface area contributed by atoms with Crippen molar-refractivity contribution in [2.24, 2.45) is 0 Å². The number of fused-ring (bicyclic) bond motifs is 1. The highest BCUT2D eigenvalue weighted by Crippen LogP contribution is 2.24. The molecule has 0 bridgehead atoms. The lowest BCUT2D eigenvalue weighted by atomic mass is 10.2. The molecule has 0 atom stereocenters. The van der Waals surface area contributed by atoms with Crippen molar-refractivity contribution < 1.29 is 4.39 Å². The van der Waals surface area contributed by atoms with Gasteiger partial charge in [-0.05, 0) is 13.0 Å². The van der Waals surface area contributed by atoms with Crippen molar-refractivity contribution in [2.75, 3.05) is 0 Å². The third-order valence-corrected chi connectivity index (χ3v) is 2.64. The molecule has 4 heteroatoms. The number of rotatable bonds is 0. The van der Waals surface area contributed by atoms with Crippen molar-refractivity contribution in [1.29, 1.82) is 5.26 Å². The van der Waals surface area contributed by atoms with Gasteiger partial charge in [-0.2, -0.15) is 5.26 Å². The average Bonchev–Trinajstić information content (AvgIpc) is 2.42. The molecule has 13 heavy (non-hydrogen) atoms. The van der Waals surface area contributed by atoms with Gasteiger partial charge in [-0.3, -0.25) is 0 Å². The van der Waals surface area contributed by atoms with Gasteiger partial charge in [0.15, 0.2) is 0 Å². The van der Waals surface area contributed by atoms with E-state index in [1.807, 2.05) is 6.92 Å². The number of hydrogen-bond acceptors (Lipinski definition) is 3. The zero-order valence-corrected chi connectivity index (χ0v) is 7.65. The Labute approximate surface area is 78.3 Å². The van der Waals surface area contributed by atoms with E-state index in [0.29, 0.717) is 5.52 Å². The van der Waals surface area contributed by atoms with Gasteiger partial charge in [0.05, 0.1) is 20.8 Å². The summed E-state index contributed by atoms with van der Waals surface area (Å²) in [5.74, 6) is -0.500. The highest BCUT2D eigenvalue weighted by atomic mass is 32.1. The van der Waals surface area contributed by atoms with Crippen molar-refractivity contribution in [2.45, 2.75) is 6.92 Å². The number of benzene rings is 1. The molecular weight excluding hydrogens is 187 g/mol. The Kier molecular flexibility index (Phi) is 1.74. The summed E-state index contributed by atoms with van der Waals surface area (Å²) in [6, 6.07) is 4.64. The molecule has 0 amide bonds. The zero-order valence-electron chi connectivity index (χ0n) is 6.84. The maximum Gasteiger partial charge on any atom is 0.143 e. The molecule has 0 saturated carbocycles. The normalized spacial score (nSPS) is 10.2. The maximum absolute atomic E-state index is 13.1. The number of thiazole rings is 1. The monoisotopic (exact) mass is 192 g/mol. The first-order valence-electron chi connectivity index (χ1n) is 3.67. The molecule has 0 radical (unpaired) electrons. The lowest BCUT2D eigenvalue weighted by Crippen LogP contribution is -1.82. The Morgan fingerprint density at radius 1 is 1.54 bits per heavy atom. The maximum atomic E-state index is 13.1. The van der Waals surface area contributed by atoms with Crippen molar-refractivity contribution in [1.82, 2.24) is 4.98 Å². The fourth-order valence-electron chi connectivity index (χ4n) is 1.15. The summed E-state index contributed by atoms with van der Waals surface area (Å²) < 4.78 is 13.9. The third kappa shape index (κ3) is 1.27. The minimum Gasteiger partial charge on any atom is -0.241 e. The van der Waals surface area contributed by atoms with Crippen LogP contribution >= 0.6 is 11.3 Å². The Bertz CT molecular complexity index is 510. The summed E-state index contributed by atoms with van der Waals surface area (Å²) in [7, 11) is 0. The fourth-order valence-corrected chi connectivity index (χ4v) is 2.00. The highest BCUT2D eigenvalue weighted by molar-refractivity contribution is 7.18. The summed E-state index contributed by atoms with van der Waals surface area (Å²) in [4.78, 5) is 4.12. The molecule has 0 fully saturated rings. The summed E-state index contributed by atoms with van der Waals surface area (Å²) in [5.41, 5.74) is 0.704. The van der Waals surface area contributed by atoms with Crippen LogP contribution < -0.4 is 0 Å². The predicted molar refractivity (Wildman–Crippen MR) is 49.0 cm³/mol. The first-order chi connectivity index (χ1) is 6.20. The van der Waals surface area contributed by atoms with Crippen LogP contribution in [0, 0.1) is 24.1 Å². The molecule has 1 aromatic heterocycles. The van der Waals surface area contributed by atoms with Crippen LogP contribution in [0.3, 0.4) is 0 Å². The van der Waals surface area contributed by atoms with Crippen LogP contribution in [0.2, 0.25) is 0 Å². The first-order valence-corrected chi connectivity index (χ1v) is 4.49. The van der Waals surface area contributed by atoms with Crippen molar-refractivity contribution in [3.8, 4) is 6.07 Å². The van der Waals surface area contributed by atoms with Gasteiger partial charge in [0, 0.05) is 6.07 Å². The Balaban J connectivity index is 2.82. The van der Waals surface area contributed by atoms with Crippen molar-refractivity contribution in [3.63, 3.8) is 0 Å². The Hall–Kier alpha value is -1.47. The van der Waals surface area contributed by atoms with Gasteiger partial charge in [0.1, 0.15) is 11.9 Å². The van der Waals surface area contributed by atoms with E-state index >= 15 is 0 Å². The van der Waals surface area contributed by atoms with Crippen LogP contribution in [0.25, 0.3) is 10.2 Å². The predicted octanol–water partition coefficient (Wildman–Crippen LogP) is 2.62. The van der Waals surface area contributed by atoms with E-state index in [-0.39, 0.29) is 5.56 Å².